The fraction of sp³-hybridized carbons (Fsp3) is 0.0606. The Morgan fingerprint density at radius 2 is 1.03 bits per heavy atom. The van der Waals surface area contributed by atoms with Gasteiger partial charge in [0, 0.05) is 5.39 Å². The van der Waals surface area contributed by atoms with Crippen LogP contribution in [0.25, 0.3) is 33.2 Å². The van der Waals surface area contributed by atoms with Crippen LogP contribution < -0.4 is 9.47 Å². The normalized spacial score (nSPS) is 10.9. The minimum atomic E-state index is 0.546. The summed E-state index contributed by atoms with van der Waals surface area (Å²) in [6.07, 6.45) is 1.86. The summed E-state index contributed by atoms with van der Waals surface area (Å²) in [6.45, 7) is 1.09. The highest BCUT2D eigenvalue weighted by atomic mass is 16.5. The molecule has 5 aromatic carbocycles. The molecule has 0 amide bonds. The molecule has 1 heterocycles. The van der Waals surface area contributed by atoms with Crippen molar-refractivity contribution in [2.75, 3.05) is 0 Å². The van der Waals surface area contributed by atoms with Crippen molar-refractivity contribution in [2.45, 2.75) is 13.2 Å². The average molecular weight is 483 g/mol. The van der Waals surface area contributed by atoms with Crippen LogP contribution in [0.5, 0.6) is 11.5 Å². The van der Waals surface area contributed by atoms with Crippen LogP contribution in [0.3, 0.4) is 0 Å². The number of nitrogens with zero attached hydrogens (tertiary/aromatic N) is 1. The molecule has 180 valence electrons. The van der Waals surface area contributed by atoms with Crippen LogP contribution >= 0.6 is 0 Å². The van der Waals surface area contributed by atoms with Crippen molar-refractivity contribution in [3.8, 4) is 33.8 Å². The lowest BCUT2D eigenvalue weighted by Crippen LogP contribution is -1.95. The molecule has 0 unspecified atom stereocenters. The van der Waals surface area contributed by atoms with E-state index in [9.17, 15) is 0 Å². The van der Waals surface area contributed by atoms with Gasteiger partial charge in [0.1, 0.15) is 24.7 Å². The lowest BCUT2D eigenvalue weighted by Gasteiger charge is -2.13. The van der Waals surface area contributed by atoms with Gasteiger partial charge in [-0.25, -0.2) is 0 Å². The number of nitrogens with one attached hydrogen (secondary N) is 1. The SMILES string of the molecule is c1ccc(COc2ccc(-c3cc4cn[nH]c4cc3-c3ccc(OCc4ccccc4)cc3)cc2)cc1. The molecular formula is C33H26N2O2. The first-order valence-corrected chi connectivity index (χ1v) is 12.3. The first-order chi connectivity index (χ1) is 18.3. The fourth-order valence-electron chi connectivity index (χ4n) is 4.41. The largest absolute Gasteiger partial charge is 0.489 e. The van der Waals surface area contributed by atoms with Crippen molar-refractivity contribution >= 4 is 10.9 Å². The van der Waals surface area contributed by atoms with Gasteiger partial charge in [-0.05, 0) is 69.8 Å². The first-order valence-electron chi connectivity index (χ1n) is 12.3. The molecule has 37 heavy (non-hydrogen) atoms. The monoisotopic (exact) mass is 482 g/mol. The third kappa shape index (κ3) is 5.24. The molecule has 0 aliphatic carbocycles. The van der Waals surface area contributed by atoms with Gasteiger partial charge in [-0.2, -0.15) is 5.10 Å². The number of hydrogen-bond acceptors (Lipinski definition) is 3. The summed E-state index contributed by atoms with van der Waals surface area (Å²) >= 11 is 0. The van der Waals surface area contributed by atoms with Gasteiger partial charge in [-0.15, -0.1) is 0 Å². The fourth-order valence-corrected chi connectivity index (χ4v) is 4.41. The van der Waals surface area contributed by atoms with E-state index in [-0.39, 0.29) is 0 Å². The van der Waals surface area contributed by atoms with E-state index in [4.69, 9.17) is 9.47 Å². The summed E-state index contributed by atoms with van der Waals surface area (Å²) in [4.78, 5) is 0. The Kier molecular flexibility index (Phi) is 6.37. The van der Waals surface area contributed by atoms with Gasteiger partial charge in [-0.3, -0.25) is 5.10 Å². The Bertz CT molecular complexity index is 1470. The number of ether oxygens (including phenoxy) is 2. The minimum absolute atomic E-state index is 0.546. The van der Waals surface area contributed by atoms with Gasteiger partial charge >= 0.3 is 0 Å². The number of hydrogen-bond donors (Lipinski definition) is 1. The molecule has 0 fully saturated rings. The molecule has 0 atom stereocenters. The van der Waals surface area contributed by atoms with Gasteiger partial charge in [0.15, 0.2) is 0 Å². The zero-order valence-electron chi connectivity index (χ0n) is 20.3. The van der Waals surface area contributed by atoms with Crippen molar-refractivity contribution in [2.24, 2.45) is 0 Å². The Morgan fingerprint density at radius 3 is 1.54 bits per heavy atom. The van der Waals surface area contributed by atoms with Crippen LogP contribution in [0.4, 0.5) is 0 Å². The summed E-state index contributed by atoms with van der Waals surface area (Å²) in [5, 5.41) is 8.42. The summed E-state index contributed by atoms with van der Waals surface area (Å²) < 4.78 is 12.0. The second-order valence-electron chi connectivity index (χ2n) is 8.95. The van der Waals surface area contributed by atoms with Crippen molar-refractivity contribution in [1.29, 1.82) is 0 Å². The van der Waals surface area contributed by atoms with Gasteiger partial charge in [0.25, 0.3) is 0 Å². The van der Waals surface area contributed by atoms with E-state index in [1.807, 2.05) is 66.9 Å². The van der Waals surface area contributed by atoms with Crippen LogP contribution in [-0.4, -0.2) is 10.2 Å². The summed E-state index contributed by atoms with van der Waals surface area (Å²) in [6, 6.07) is 41.3. The molecule has 4 heteroatoms. The van der Waals surface area contributed by atoms with Crippen molar-refractivity contribution in [3.63, 3.8) is 0 Å². The van der Waals surface area contributed by atoms with Gasteiger partial charge in [0.05, 0.1) is 11.7 Å². The molecular weight excluding hydrogens is 456 g/mol. The van der Waals surface area contributed by atoms with E-state index in [1.54, 1.807) is 0 Å². The Hall–Kier alpha value is -4.83. The highest BCUT2D eigenvalue weighted by Gasteiger charge is 2.12. The van der Waals surface area contributed by atoms with Gasteiger partial charge < -0.3 is 9.47 Å². The Balaban J connectivity index is 1.25. The highest BCUT2D eigenvalue weighted by molar-refractivity contribution is 5.94. The maximum atomic E-state index is 5.99. The first kappa shape index (κ1) is 22.6. The second kappa shape index (κ2) is 10.4. The molecule has 1 aromatic heterocycles. The predicted octanol–water partition coefficient (Wildman–Crippen LogP) is 8.05. The topological polar surface area (TPSA) is 47.1 Å². The molecule has 0 saturated carbocycles. The molecule has 0 bridgehead atoms. The molecule has 6 aromatic rings. The lowest BCUT2D eigenvalue weighted by atomic mass is 9.93. The van der Waals surface area contributed by atoms with E-state index in [2.05, 4.69) is 70.9 Å². The third-order valence-corrected chi connectivity index (χ3v) is 6.41. The Morgan fingerprint density at radius 1 is 0.541 bits per heavy atom. The number of aromatic amines is 1. The molecule has 4 nitrogen and oxygen atoms in total. The van der Waals surface area contributed by atoms with E-state index >= 15 is 0 Å². The van der Waals surface area contributed by atoms with E-state index in [0.717, 1.165) is 55.8 Å². The van der Waals surface area contributed by atoms with Crippen LogP contribution in [0.1, 0.15) is 11.1 Å². The van der Waals surface area contributed by atoms with Gasteiger partial charge in [-0.1, -0.05) is 84.9 Å². The summed E-state index contributed by atoms with van der Waals surface area (Å²) in [5.74, 6) is 1.69. The quantitative estimate of drug-likeness (QED) is 0.239. The van der Waals surface area contributed by atoms with Crippen LogP contribution in [0, 0.1) is 0 Å². The molecule has 0 aliphatic rings. The number of H-pyrrole nitrogens is 1. The van der Waals surface area contributed by atoms with E-state index in [0.29, 0.717) is 13.2 Å². The zero-order valence-corrected chi connectivity index (χ0v) is 20.3. The minimum Gasteiger partial charge on any atom is -0.489 e. The van der Waals surface area contributed by atoms with E-state index < -0.39 is 0 Å². The molecule has 1 N–H and O–H groups in total. The predicted molar refractivity (Wildman–Crippen MR) is 149 cm³/mol. The molecule has 0 aliphatic heterocycles. The molecule has 6 rings (SSSR count). The number of fused-ring (bicyclic) bond motifs is 1. The lowest BCUT2D eigenvalue weighted by molar-refractivity contribution is 0.306. The second-order valence-corrected chi connectivity index (χ2v) is 8.95. The van der Waals surface area contributed by atoms with Crippen molar-refractivity contribution in [1.82, 2.24) is 10.2 Å². The standard InChI is InChI=1S/C33H26N2O2/c1-3-7-24(8-4-1)22-36-29-15-11-26(12-16-29)31-19-28-21-34-35-33(28)20-32(31)27-13-17-30(18-14-27)37-23-25-9-5-2-6-10-25/h1-21H,22-23H2,(H,34,35). The highest BCUT2D eigenvalue weighted by Crippen LogP contribution is 2.36. The average Bonchev–Trinajstić information content (AvgIpc) is 3.44. The van der Waals surface area contributed by atoms with Crippen molar-refractivity contribution < 1.29 is 9.47 Å². The van der Waals surface area contributed by atoms with Crippen LogP contribution in [0.2, 0.25) is 0 Å². The summed E-state index contributed by atoms with van der Waals surface area (Å²) in [7, 11) is 0. The van der Waals surface area contributed by atoms with Crippen LogP contribution in [0.15, 0.2) is 128 Å². The Labute approximate surface area is 216 Å². The van der Waals surface area contributed by atoms with Crippen molar-refractivity contribution in [3.05, 3.63) is 139 Å². The van der Waals surface area contributed by atoms with Gasteiger partial charge in [0.2, 0.25) is 0 Å². The smallest absolute Gasteiger partial charge is 0.119 e. The van der Waals surface area contributed by atoms with Crippen LogP contribution in [-0.2, 0) is 13.2 Å². The zero-order chi connectivity index (χ0) is 24.9. The number of benzene rings is 5. The molecule has 0 spiro atoms. The maximum Gasteiger partial charge on any atom is 0.119 e. The number of aromatic nitrogens is 2. The van der Waals surface area contributed by atoms with E-state index in [1.165, 1.54) is 0 Å². The third-order valence-electron chi connectivity index (χ3n) is 6.41. The molecule has 0 saturated heterocycles. The summed E-state index contributed by atoms with van der Waals surface area (Å²) in [5.41, 5.74) is 7.81. The molecule has 0 radical (unpaired) electrons. The maximum absolute atomic E-state index is 5.99. The number of rotatable bonds is 8.